The first kappa shape index (κ1) is 74.9. The van der Waals surface area contributed by atoms with Gasteiger partial charge in [-0.05, 0) is 128 Å². The van der Waals surface area contributed by atoms with Gasteiger partial charge in [-0.2, -0.15) is 0 Å². The summed E-state index contributed by atoms with van der Waals surface area (Å²) >= 11 is 0. The van der Waals surface area contributed by atoms with E-state index in [2.05, 4.69) is 215 Å². The highest BCUT2D eigenvalue weighted by Gasteiger charge is 2.48. The topological polar surface area (TPSA) is 126 Å². The van der Waals surface area contributed by atoms with Gasteiger partial charge in [0.25, 0.3) is 0 Å². The Morgan fingerprint density at radius 1 is 0.300 bits per heavy atom. The van der Waals surface area contributed by atoms with Crippen molar-refractivity contribution in [2.24, 2.45) is 0 Å². The summed E-state index contributed by atoms with van der Waals surface area (Å²) in [4.78, 5) is 0. The van der Waals surface area contributed by atoms with Crippen LogP contribution in [0.2, 0.25) is 0 Å². The van der Waals surface area contributed by atoms with Crippen molar-refractivity contribution in [2.45, 2.75) is 209 Å². The highest BCUT2D eigenvalue weighted by atomic mass is 31.2. The van der Waals surface area contributed by atoms with Crippen LogP contribution >= 0.6 is 14.3 Å². The van der Waals surface area contributed by atoms with E-state index < -0.39 is 57.6 Å². The Labute approximate surface area is 596 Å². The minimum Gasteiger partial charge on any atom is -0.496 e. The van der Waals surface area contributed by atoms with Crippen LogP contribution in [-0.2, 0) is 52.5 Å². The zero-order chi connectivity index (χ0) is 73.8. The summed E-state index contributed by atoms with van der Waals surface area (Å²) in [6.45, 7) is 51.2. The van der Waals surface area contributed by atoms with Gasteiger partial charge < -0.3 is 56.5 Å². The molecular weight excluding hydrogens is 1290 g/mol. The summed E-state index contributed by atoms with van der Waals surface area (Å²) < 4.78 is 107. The highest BCUT2D eigenvalue weighted by Crippen LogP contribution is 2.63. The van der Waals surface area contributed by atoms with E-state index >= 15 is 9.13 Å². The van der Waals surface area contributed by atoms with Crippen molar-refractivity contribution < 1.29 is 56.5 Å². The molecule has 0 aliphatic carbocycles. The average Bonchev–Trinajstić information content (AvgIpc) is 1.09. The van der Waals surface area contributed by atoms with Crippen LogP contribution in [-0.4, -0.2) is 42.0 Å². The van der Waals surface area contributed by atoms with Gasteiger partial charge >= 0.3 is 0 Å². The molecule has 2 heterocycles. The van der Waals surface area contributed by atoms with Gasteiger partial charge in [0, 0.05) is 82.2 Å². The van der Waals surface area contributed by atoms with Gasteiger partial charge in [0.2, 0.25) is 25.1 Å². The number of benzene rings is 8. The van der Waals surface area contributed by atoms with Gasteiger partial charge in [-0.3, -0.25) is 0 Å². The van der Waals surface area contributed by atoms with E-state index in [1.807, 2.05) is 72.8 Å². The van der Waals surface area contributed by atoms with Crippen LogP contribution in [0.3, 0.4) is 0 Å². The Kier molecular flexibility index (Phi) is 19.7. The molecule has 0 saturated heterocycles. The fourth-order valence-corrected chi connectivity index (χ4v) is 19.5. The number of hydrogen-bond donors (Lipinski definition) is 0. The molecule has 0 N–H and O–H groups in total. The summed E-state index contributed by atoms with van der Waals surface area (Å²) in [6, 6.07) is 39.3. The first-order valence-corrected chi connectivity index (χ1v) is 38.2. The van der Waals surface area contributed by atoms with E-state index in [1.165, 1.54) is 0 Å². The molecule has 12 nitrogen and oxygen atoms in total. The first-order chi connectivity index (χ1) is 46.2. The lowest BCUT2D eigenvalue weighted by Gasteiger charge is -2.35. The average molecular weight is 1400 g/mol. The van der Waals surface area contributed by atoms with Gasteiger partial charge in [0.05, 0.1) is 33.7 Å². The summed E-state index contributed by atoms with van der Waals surface area (Å²) in [7, 11) is -2.20. The van der Waals surface area contributed by atoms with Gasteiger partial charge in [-0.15, -0.1) is 0 Å². The number of fused-ring (bicyclic) bond motifs is 2. The molecule has 10 rings (SSSR count). The molecule has 0 fully saturated rings. The zero-order valence-corrected chi connectivity index (χ0v) is 66.5. The summed E-state index contributed by atoms with van der Waals surface area (Å²) in [5, 5.41) is 2.66. The third kappa shape index (κ3) is 13.8. The standard InChI is InChI=1S/C86H108O12P2/c1-79(2,3)58-39-53(40-59(71(58)89-25)80(4,5)6)99(87,54-41-60(81(7,8)9)72(90-26)61(42-54)82(10,11)12)67-48-66(97-51-35-31-29-32-36-51)75-77(95-50-94-75)69(67)57-47-68(76(78-70(57)93-49-96-78)98-52-37-33-30-34-38-52)100(88,55-43-62(83(13,14)15)73(91-27)63(44-55)84(16,17)18)56-45-64(85(19,20)21)74(92-28)65(46-56)86(22,23)24/h29-48H,49-50H2,1-28H3. The molecule has 0 unspecified atom stereocenters. The van der Waals surface area contributed by atoms with E-state index in [0.29, 0.717) is 72.1 Å². The van der Waals surface area contributed by atoms with E-state index in [0.717, 1.165) is 44.5 Å². The fourth-order valence-electron chi connectivity index (χ4n) is 13.8. The Morgan fingerprint density at radius 3 is 0.870 bits per heavy atom. The normalized spacial score (nSPS) is 13.9. The Bertz CT molecular complexity index is 4230. The van der Waals surface area contributed by atoms with Crippen LogP contribution in [0.25, 0.3) is 11.1 Å². The van der Waals surface area contributed by atoms with E-state index in [-0.39, 0.29) is 53.4 Å². The van der Waals surface area contributed by atoms with E-state index in [4.69, 9.17) is 47.4 Å². The number of ether oxygens (including phenoxy) is 10. The molecule has 0 saturated carbocycles. The third-order valence-corrected chi connectivity index (χ3v) is 25.1. The van der Waals surface area contributed by atoms with Gasteiger partial charge in [0.15, 0.2) is 37.3 Å². The molecule has 8 aromatic rings. The van der Waals surface area contributed by atoms with Crippen molar-refractivity contribution in [3.63, 3.8) is 0 Å². The van der Waals surface area contributed by atoms with Gasteiger partial charge in [-0.25, -0.2) is 0 Å². The fraction of sp³-hybridized carbons (Fsp3) is 0.442. The molecule has 534 valence electrons. The zero-order valence-electron chi connectivity index (χ0n) is 64.8. The van der Waals surface area contributed by atoms with Gasteiger partial charge in [0.1, 0.15) is 34.5 Å². The SMILES string of the molecule is COc1c(C(C)(C)C)cc(P(=O)(c2cc(C(C)(C)C)c(OC)c(C(C)(C)C)c2)c2cc(-c3c(P(=O)(c4cc(C(C)(C)C)c(OC)c(C(C)(C)C)c4)c4cc(C(C)(C)C)c(OC)c(C(C)(C)C)c4)cc(Oc4ccccc4)c4c3OCO4)c3c(c2Oc2ccccc2)OCO3)cc1C(C)(C)C. The lowest BCUT2D eigenvalue weighted by Crippen LogP contribution is -2.33. The molecule has 0 spiro atoms. The maximum absolute atomic E-state index is 19.5. The summed E-state index contributed by atoms with van der Waals surface area (Å²) in [6.07, 6.45) is 0. The molecule has 0 radical (unpaired) electrons. The number of hydrogen-bond acceptors (Lipinski definition) is 12. The summed E-state index contributed by atoms with van der Waals surface area (Å²) in [5.41, 5.74) is 3.23. The van der Waals surface area contributed by atoms with Crippen molar-refractivity contribution in [3.8, 4) is 80.1 Å². The monoisotopic (exact) mass is 1390 g/mol. The number of methoxy groups -OCH3 is 4. The van der Waals surface area contributed by atoms with Crippen molar-refractivity contribution in [3.05, 3.63) is 166 Å². The largest absolute Gasteiger partial charge is 0.496 e. The molecule has 0 aromatic heterocycles. The molecule has 14 heteroatoms. The molecule has 100 heavy (non-hydrogen) atoms. The first-order valence-electron chi connectivity index (χ1n) is 34.8. The second-order valence-corrected chi connectivity index (χ2v) is 40.5. The van der Waals surface area contributed by atoms with Crippen LogP contribution < -0.4 is 79.2 Å². The highest BCUT2D eigenvalue weighted by molar-refractivity contribution is 7.86. The van der Waals surface area contributed by atoms with E-state index in [1.54, 1.807) is 28.4 Å². The molecule has 8 aromatic carbocycles. The molecule has 0 amide bonds. The second-order valence-electron chi connectivity index (χ2n) is 35.0. The number of rotatable bonds is 15. The smallest absolute Gasteiger partial charge is 0.231 e. The van der Waals surface area contributed by atoms with Crippen molar-refractivity contribution in [1.82, 2.24) is 0 Å². The third-order valence-electron chi connectivity index (χ3n) is 19.1. The summed E-state index contributed by atoms with van der Waals surface area (Å²) in [5.74, 6) is 5.13. The molecule has 2 aliphatic rings. The Hall–Kier alpha value is -7.78. The minimum atomic E-state index is -4.52. The Balaban J connectivity index is 1.54. The van der Waals surface area contributed by atoms with Crippen molar-refractivity contribution >= 4 is 46.1 Å². The lowest BCUT2D eigenvalue weighted by atomic mass is 9.79. The van der Waals surface area contributed by atoms with Crippen LogP contribution in [0.5, 0.6) is 69.0 Å². The minimum absolute atomic E-state index is 0.170. The van der Waals surface area contributed by atoms with Crippen molar-refractivity contribution in [2.75, 3.05) is 42.0 Å². The predicted molar refractivity (Wildman–Crippen MR) is 412 cm³/mol. The predicted octanol–water partition coefficient (Wildman–Crippen LogP) is 20.1. The van der Waals surface area contributed by atoms with E-state index in [9.17, 15) is 0 Å². The van der Waals surface area contributed by atoms with Crippen LogP contribution in [0.15, 0.2) is 121 Å². The van der Waals surface area contributed by atoms with Gasteiger partial charge in [-0.1, -0.05) is 203 Å². The maximum atomic E-state index is 19.5. The molecule has 0 bridgehead atoms. The molecule has 2 aliphatic heterocycles. The van der Waals surface area contributed by atoms with Crippen LogP contribution in [0.4, 0.5) is 0 Å². The van der Waals surface area contributed by atoms with Crippen molar-refractivity contribution in [1.29, 1.82) is 0 Å². The van der Waals surface area contributed by atoms with Crippen LogP contribution in [0, 0.1) is 0 Å². The molecular formula is C86H108O12P2. The number of para-hydroxylation sites is 2. The second kappa shape index (κ2) is 26.2. The molecule has 0 atom stereocenters. The van der Waals surface area contributed by atoms with Crippen LogP contribution in [0.1, 0.15) is 211 Å². The maximum Gasteiger partial charge on any atom is 0.231 e. The Morgan fingerprint density at radius 2 is 0.570 bits per heavy atom. The quantitative estimate of drug-likeness (QED) is 0.0907. The lowest BCUT2D eigenvalue weighted by molar-refractivity contribution is 0.171.